The summed E-state index contributed by atoms with van der Waals surface area (Å²) in [5.41, 5.74) is 12.2. The number of hydrogen-bond acceptors (Lipinski definition) is 4. The average Bonchev–Trinajstić information content (AvgIpc) is 2.46. The smallest absolute Gasteiger partial charge is 0.416 e. The highest BCUT2D eigenvalue weighted by Crippen LogP contribution is 2.36. The van der Waals surface area contributed by atoms with Gasteiger partial charge in [-0.2, -0.15) is 13.2 Å². The molecule has 0 atom stereocenters. The molecule has 0 amide bonds. The normalized spacial score (nSPS) is 11.5. The van der Waals surface area contributed by atoms with Crippen molar-refractivity contribution >= 4 is 5.82 Å². The Morgan fingerprint density at radius 1 is 1.18 bits per heavy atom. The van der Waals surface area contributed by atoms with Crippen molar-refractivity contribution in [2.75, 3.05) is 12.8 Å². The predicted molar refractivity (Wildman–Crippen MR) is 78.3 cm³/mol. The fourth-order valence-electron chi connectivity index (χ4n) is 2.17. The van der Waals surface area contributed by atoms with Gasteiger partial charge in [0.2, 0.25) is 0 Å². The molecule has 1 heterocycles. The maximum absolute atomic E-state index is 13.0. The number of halogens is 3. The number of nitrogen functional groups attached to an aromatic ring is 1. The first kappa shape index (κ1) is 16.1. The minimum Gasteiger partial charge on any atom is -0.495 e. The Hall–Kier alpha value is -2.28. The van der Waals surface area contributed by atoms with Crippen LogP contribution < -0.4 is 16.2 Å². The standard InChI is InChI=1S/C15H16F3N3O/c1-8-13(22-2)6-12(14(20)21-8)10-3-9(7-19)4-11(5-10)15(16,17)18/h3-6H,7,19H2,1-2H3,(H2,20,21). The first-order chi connectivity index (χ1) is 10.3. The second kappa shape index (κ2) is 5.84. The van der Waals surface area contributed by atoms with E-state index in [0.717, 1.165) is 12.1 Å². The quantitative estimate of drug-likeness (QED) is 0.913. The van der Waals surface area contributed by atoms with Gasteiger partial charge >= 0.3 is 6.18 Å². The second-order valence-electron chi connectivity index (χ2n) is 4.83. The van der Waals surface area contributed by atoms with Gasteiger partial charge in [-0.1, -0.05) is 0 Å². The van der Waals surface area contributed by atoms with E-state index in [1.54, 1.807) is 19.1 Å². The SMILES string of the molecule is COc1cc(-c2cc(CN)cc(C(F)(F)F)c2)c(N)nc1C. The number of hydrogen-bond donors (Lipinski definition) is 2. The van der Waals surface area contributed by atoms with Crippen molar-refractivity contribution < 1.29 is 17.9 Å². The van der Waals surface area contributed by atoms with Crippen molar-refractivity contribution in [3.8, 4) is 16.9 Å². The molecule has 0 spiro atoms. The summed E-state index contributed by atoms with van der Waals surface area (Å²) in [5.74, 6) is 0.594. The first-order valence-electron chi connectivity index (χ1n) is 6.49. The van der Waals surface area contributed by atoms with Crippen LogP contribution in [-0.2, 0) is 12.7 Å². The lowest BCUT2D eigenvalue weighted by Crippen LogP contribution is -2.08. The number of ether oxygens (including phenoxy) is 1. The van der Waals surface area contributed by atoms with E-state index in [1.807, 2.05) is 0 Å². The van der Waals surface area contributed by atoms with Crippen molar-refractivity contribution in [2.45, 2.75) is 19.6 Å². The van der Waals surface area contributed by atoms with Crippen LogP contribution in [0.4, 0.5) is 19.0 Å². The largest absolute Gasteiger partial charge is 0.495 e. The van der Waals surface area contributed by atoms with Crippen molar-refractivity contribution in [3.05, 3.63) is 41.1 Å². The molecule has 0 aliphatic heterocycles. The van der Waals surface area contributed by atoms with Crippen molar-refractivity contribution in [1.82, 2.24) is 4.98 Å². The summed E-state index contributed by atoms with van der Waals surface area (Å²) in [4.78, 5) is 4.11. The Bertz CT molecular complexity index is 699. The van der Waals surface area contributed by atoms with E-state index in [9.17, 15) is 13.2 Å². The molecule has 2 rings (SSSR count). The molecule has 0 aliphatic carbocycles. The van der Waals surface area contributed by atoms with Gasteiger partial charge in [0.05, 0.1) is 18.4 Å². The van der Waals surface area contributed by atoms with Crippen LogP contribution in [0, 0.1) is 6.92 Å². The van der Waals surface area contributed by atoms with Gasteiger partial charge in [-0.25, -0.2) is 4.98 Å². The zero-order valence-corrected chi connectivity index (χ0v) is 12.2. The highest BCUT2D eigenvalue weighted by Gasteiger charge is 2.31. The third-order valence-electron chi connectivity index (χ3n) is 3.28. The predicted octanol–water partition coefficient (Wildman–Crippen LogP) is 3.13. The zero-order chi connectivity index (χ0) is 16.5. The molecule has 2 aromatic rings. The fourth-order valence-corrected chi connectivity index (χ4v) is 2.17. The second-order valence-corrected chi connectivity index (χ2v) is 4.83. The maximum Gasteiger partial charge on any atom is 0.416 e. The molecule has 0 saturated heterocycles. The number of rotatable bonds is 3. The molecule has 1 aromatic carbocycles. The van der Waals surface area contributed by atoms with Crippen LogP contribution in [0.2, 0.25) is 0 Å². The summed E-state index contributed by atoms with van der Waals surface area (Å²) in [5, 5.41) is 0. The Labute approximate surface area is 125 Å². The van der Waals surface area contributed by atoms with Crippen molar-refractivity contribution in [3.63, 3.8) is 0 Å². The molecule has 0 unspecified atom stereocenters. The molecular weight excluding hydrogens is 295 g/mol. The van der Waals surface area contributed by atoms with Gasteiger partial charge in [-0.15, -0.1) is 0 Å². The van der Waals surface area contributed by atoms with Crippen LogP contribution in [-0.4, -0.2) is 12.1 Å². The van der Waals surface area contributed by atoms with E-state index < -0.39 is 11.7 Å². The molecule has 0 bridgehead atoms. The van der Waals surface area contributed by atoms with Gasteiger partial charge in [0, 0.05) is 12.1 Å². The summed E-state index contributed by atoms with van der Waals surface area (Å²) in [6.07, 6.45) is -4.46. The Morgan fingerprint density at radius 2 is 1.86 bits per heavy atom. The van der Waals surface area contributed by atoms with Crippen LogP contribution in [0.15, 0.2) is 24.3 Å². The number of methoxy groups -OCH3 is 1. The molecule has 7 heteroatoms. The molecule has 0 saturated carbocycles. The highest BCUT2D eigenvalue weighted by molar-refractivity contribution is 5.76. The van der Waals surface area contributed by atoms with Crippen LogP contribution in [0.1, 0.15) is 16.8 Å². The lowest BCUT2D eigenvalue weighted by atomic mass is 9.99. The Balaban J connectivity index is 2.66. The molecule has 4 nitrogen and oxygen atoms in total. The lowest BCUT2D eigenvalue weighted by molar-refractivity contribution is -0.137. The third-order valence-corrected chi connectivity index (χ3v) is 3.28. The number of aryl methyl sites for hydroxylation is 1. The summed E-state index contributed by atoms with van der Waals surface area (Å²) in [7, 11) is 1.46. The van der Waals surface area contributed by atoms with Crippen molar-refractivity contribution in [2.24, 2.45) is 5.73 Å². The van der Waals surface area contributed by atoms with Gasteiger partial charge in [0.25, 0.3) is 0 Å². The van der Waals surface area contributed by atoms with E-state index in [4.69, 9.17) is 16.2 Å². The van der Waals surface area contributed by atoms with E-state index >= 15 is 0 Å². The summed E-state index contributed by atoms with van der Waals surface area (Å²) >= 11 is 0. The monoisotopic (exact) mass is 311 g/mol. The van der Waals surface area contributed by atoms with Gasteiger partial charge in [0.15, 0.2) is 0 Å². The zero-order valence-electron chi connectivity index (χ0n) is 12.2. The molecular formula is C15H16F3N3O. The van der Waals surface area contributed by atoms with Crippen LogP contribution >= 0.6 is 0 Å². The van der Waals surface area contributed by atoms with E-state index in [-0.39, 0.29) is 12.4 Å². The van der Waals surface area contributed by atoms with Crippen LogP contribution in [0.3, 0.4) is 0 Å². The van der Waals surface area contributed by atoms with Gasteiger partial charge in [-0.05, 0) is 42.3 Å². The third kappa shape index (κ3) is 3.14. The van der Waals surface area contributed by atoms with Gasteiger partial charge in [-0.3, -0.25) is 0 Å². The maximum atomic E-state index is 13.0. The molecule has 0 fully saturated rings. The van der Waals surface area contributed by atoms with E-state index in [2.05, 4.69) is 4.98 Å². The van der Waals surface area contributed by atoms with Gasteiger partial charge < -0.3 is 16.2 Å². The number of nitrogens with two attached hydrogens (primary N) is 2. The number of pyridine rings is 1. The molecule has 118 valence electrons. The van der Waals surface area contributed by atoms with Crippen molar-refractivity contribution in [1.29, 1.82) is 0 Å². The minimum absolute atomic E-state index is 0.00670. The number of nitrogens with zero attached hydrogens (tertiary/aromatic N) is 1. The average molecular weight is 311 g/mol. The molecule has 1 aromatic heterocycles. The minimum atomic E-state index is -4.46. The number of aromatic nitrogens is 1. The molecule has 22 heavy (non-hydrogen) atoms. The Kier molecular flexibility index (Phi) is 4.27. The number of alkyl halides is 3. The van der Waals surface area contributed by atoms with Crippen LogP contribution in [0.25, 0.3) is 11.1 Å². The topological polar surface area (TPSA) is 74.2 Å². The summed E-state index contributed by atoms with van der Waals surface area (Å²) in [6.45, 7) is 1.70. The highest BCUT2D eigenvalue weighted by atomic mass is 19.4. The molecule has 4 N–H and O–H groups in total. The van der Waals surface area contributed by atoms with Gasteiger partial charge in [0.1, 0.15) is 11.6 Å². The van der Waals surface area contributed by atoms with Crippen LogP contribution in [0.5, 0.6) is 5.75 Å². The molecule has 0 radical (unpaired) electrons. The summed E-state index contributed by atoms with van der Waals surface area (Å²) < 4.78 is 44.1. The fraction of sp³-hybridized carbons (Fsp3) is 0.267. The summed E-state index contributed by atoms with van der Waals surface area (Å²) in [6, 6.07) is 5.20. The van der Waals surface area contributed by atoms with E-state index in [0.29, 0.717) is 28.1 Å². The number of anilines is 1. The van der Waals surface area contributed by atoms with E-state index in [1.165, 1.54) is 7.11 Å². The molecule has 0 aliphatic rings. The Morgan fingerprint density at radius 3 is 2.41 bits per heavy atom. The lowest BCUT2D eigenvalue weighted by Gasteiger charge is -2.14. The first-order valence-corrected chi connectivity index (χ1v) is 6.49. The number of benzene rings is 1.